The van der Waals surface area contributed by atoms with E-state index in [0.29, 0.717) is 5.76 Å². The van der Waals surface area contributed by atoms with Gasteiger partial charge in [0.05, 0.1) is 0 Å². The predicted molar refractivity (Wildman–Crippen MR) is 45.3 cm³/mol. The van der Waals surface area contributed by atoms with Gasteiger partial charge in [0.1, 0.15) is 0 Å². The van der Waals surface area contributed by atoms with Crippen LogP contribution in [0.1, 0.15) is 13.8 Å². The number of allylic oxidation sites excluding steroid dienone is 2. The van der Waals surface area contributed by atoms with Crippen molar-refractivity contribution in [2.75, 3.05) is 14.2 Å². The fourth-order valence-electron chi connectivity index (χ4n) is 0.614. The van der Waals surface area contributed by atoms with E-state index < -0.39 is 21.0 Å². The van der Waals surface area contributed by atoms with E-state index in [1.165, 1.54) is 13.0 Å². The van der Waals surface area contributed by atoms with E-state index in [-0.39, 0.29) is 5.78 Å². The molecule has 0 aliphatic carbocycles. The quantitative estimate of drug-likeness (QED) is 0.424. The van der Waals surface area contributed by atoms with Crippen LogP contribution in [0.25, 0.3) is 0 Å². The molecule has 0 fully saturated rings. The first kappa shape index (κ1) is 11.9. The SMILES string of the molecule is C[O][Sn]([O]C)[O]/C(C)=C\C(C)=O. The van der Waals surface area contributed by atoms with Gasteiger partial charge in [0.15, 0.2) is 0 Å². The van der Waals surface area contributed by atoms with Crippen molar-refractivity contribution in [2.24, 2.45) is 0 Å². The summed E-state index contributed by atoms with van der Waals surface area (Å²) in [6, 6.07) is 0. The molecule has 1 radical (unpaired) electrons. The van der Waals surface area contributed by atoms with Gasteiger partial charge in [0, 0.05) is 0 Å². The van der Waals surface area contributed by atoms with Crippen LogP contribution in [0.4, 0.5) is 0 Å². The average molecular weight is 280 g/mol. The number of hydrogen-bond acceptors (Lipinski definition) is 4. The molecule has 0 spiro atoms. The third kappa shape index (κ3) is 5.56. The van der Waals surface area contributed by atoms with Gasteiger partial charge >= 0.3 is 80.7 Å². The topological polar surface area (TPSA) is 44.8 Å². The van der Waals surface area contributed by atoms with E-state index >= 15 is 0 Å². The molecule has 5 heteroatoms. The van der Waals surface area contributed by atoms with E-state index in [1.54, 1.807) is 21.1 Å². The van der Waals surface area contributed by atoms with Crippen molar-refractivity contribution in [3.63, 3.8) is 0 Å². The summed E-state index contributed by atoms with van der Waals surface area (Å²) in [5, 5.41) is 0. The average Bonchev–Trinajstić information content (AvgIpc) is 1.98. The van der Waals surface area contributed by atoms with Gasteiger partial charge in [0.2, 0.25) is 0 Å². The molecule has 0 unspecified atom stereocenters. The first-order valence-electron chi connectivity index (χ1n) is 3.41. The Morgan fingerprint density at radius 2 is 1.75 bits per heavy atom. The number of carbonyl (C=O) groups excluding carboxylic acids is 1. The Morgan fingerprint density at radius 3 is 2.08 bits per heavy atom. The summed E-state index contributed by atoms with van der Waals surface area (Å²) < 4.78 is 15.2. The summed E-state index contributed by atoms with van der Waals surface area (Å²) in [5.41, 5.74) is 0. The van der Waals surface area contributed by atoms with Crippen LogP contribution in [0.15, 0.2) is 11.8 Å². The van der Waals surface area contributed by atoms with Gasteiger partial charge in [-0.05, 0) is 0 Å². The molecule has 0 atom stereocenters. The van der Waals surface area contributed by atoms with Crippen molar-refractivity contribution in [1.29, 1.82) is 0 Å². The molecular formula is C7H13O4Sn. The minimum atomic E-state index is -2.56. The Balaban J connectivity index is 3.97. The van der Waals surface area contributed by atoms with Crippen LogP contribution in [0.3, 0.4) is 0 Å². The molecule has 0 rings (SSSR count). The molecule has 0 N–H and O–H groups in total. The Kier molecular flexibility index (Phi) is 6.41. The molecule has 0 aliphatic heterocycles. The molecule has 4 nitrogen and oxygen atoms in total. The van der Waals surface area contributed by atoms with Crippen molar-refractivity contribution in [2.45, 2.75) is 13.8 Å². The molecule has 0 bridgehead atoms. The van der Waals surface area contributed by atoms with Gasteiger partial charge in [0.25, 0.3) is 0 Å². The third-order valence-electron chi connectivity index (χ3n) is 0.984. The van der Waals surface area contributed by atoms with Crippen molar-refractivity contribution >= 4 is 26.8 Å². The molecule has 0 aromatic rings. The number of rotatable bonds is 5. The maximum absolute atomic E-state index is 10.6. The van der Waals surface area contributed by atoms with Crippen LogP contribution in [-0.4, -0.2) is 41.0 Å². The Hall–Kier alpha value is -0.0713. The van der Waals surface area contributed by atoms with E-state index in [1.807, 2.05) is 0 Å². The van der Waals surface area contributed by atoms with Crippen LogP contribution in [-0.2, 0) is 14.0 Å². The molecular weight excluding hydrogens is 267 g/mol. The van der Waals surface area contributed by atoms with Crippen molar-refractivity contribution in [3.8, 4) is 0 Å². The van der Waals surface area contributed by atoms with Gasteiger partial charge in [-0.1, -0.05) is 0 Å². The number of ketones is 1. The zero-order chi connectivity index (χ0) is 9.56. The van der Waals surface area contributed by atoms with Gasteiger partial charge in [-0.15, -0.1) is 0 Å². The first-order chi connectivity index (χ1) is 5.60. The van der Waals surface area contributed by atoms with Crippen molar-refractivity contribution < 1.29 is 14.0 Å². The second-order valence-corrected chi connectivity index (χ2v) is 6.47. The van der Waals surface area contributed by atoms with Crippen LogP contribution >= 0.6 is 0 Å². The van der Waals surface area contributed by atoms with Crippen LogP contribution in [0, 0.1) is 0 Å². The maximum atomic E-state index is 10.6. The summed E-state index contributed by atoms with van der Waals surface area (Å²) in [6.45, 7) is 3.18. The number of carbonyl (C=O) groups is 1. The molecule has 0 aromatic carbocycles. The molecule has 0 amide bonds. The first-order valence-corrected chi connectivity index (χ1v) is 6.91. The molecule has 0 saturated heterocycles. The Morgan fingerprint density at radius 1 is 1.25 bits per heavy atom. The van der Waals surface area contributed by atoms with Gasteiger partial charge in [-0.2, -0.15) is 0 Å². The molecule has 0 aromatic heterocycles. The third-order valence-corrected chi connectivity index (χ3v) is 4.28. The zero-order valence-electron chi connectivity index (χ0n) is 7.71. The standard InChI is InChI=1S/C5H8O2.2CH3O.Sn/c1-4(6)3-5(2)7;2*1-2;/h3,6H,1-2H3;2*1H3;/q;2*-1;+3/p-1/b4-3-;;;. The van der Waals surface area contributed by atoms with E-state index in [9.17, 15) is 4.79 Å². The minimum absolute atomic E-state index is 0.0394. The summed E-state index contributed by atoms with van der Waals surface area (Å²) in [4.78, 5) is 10.6. The zero-order valence-corrected chi connectivity index (χ0v) is 10.6. The summed E-state index contributed by atoms with van der Waals surface area (Å²) in [5.74, 6) is 0.517. The van der Waals surface area contributed by atoms with Crippen molar-refractivity contribution in [3.05, 3.63) is 11.8 Å². The monoisotopic (exact) mass is 281 g/mol. The van der Waals surface area contributed by atoms with Crippen molar-refractivity contribution in [1.82, 2.24) is 0 Å². The molecule has 69 valence electrons. The van der Waals surface area contributed by atoms with Crippen LogP contribution in [0.2, 0.25) is 0 Å². The predicted octanol–water partition coefficient (Wildman–Crippen LogP) is 0.773. The summed E-state index contributed by atoms with van der Waals surface area (Å²) in [6.07, 6.45) is 1.42. The van der Waals surface area contributed by atoms with Gasteiger partial charge in [-0.3, -0.25) is 0 Å². The molecule has 12 heavy (non-hydrogen) atoms. The molecule has 0 heterocycles. The van der Waals surface area contributed by atoms with Gasteiger partial charge in [-0.25, -0.2) is 0 Å². The van der Waals surface area contributed by atoms with E-state index in [0.717, 1.165) is 0 Å². The molecule has 0 saturated carbocycles. The van der Waals surface area contributed by atoms with E-state index in [2.05, 4.69) is 0 Å². The fourth-order valence-corrected chi connectivity index (χ4v) is 2.48. The fraction of sp³-hybridized carbons (Fsp3) is 0.571. The normalized spacial score (nSPS) is 11.9. The second-order valence-electron chi connectivity index (χ2n) is 2.13. The van der Waals surface area contributed by atoms with Crippen LogP contribution < -0.4 is 0 Å². The summed E-state index contributed by atoms with van der Waals surface area (Å²) >= 11 is -2.56. The molecule has 0 aliphatic rings. The van der Waals surface area contributed by atoms with E-state index in [4.69, 9.17) is 9.22 Å². The Labute approximate surface area is 80.9 Å². The number of hydrogen-bond donors (Lipinski definition) is 0. The Bertz CT molecular complexity index is 174. The van der Waals surface area contributed by atoms with Gasteiger partial charge < -0.3 is 0 Å². The summed E-state index contributed by atoms with van der Waals surface area (Å²) in [7, 11) is 3.08. The van der Waals surface area contributed by atoms with Crippen LogP contribution in [0.5, 0.6) is 0 Å². The second kappa shape index (κ2) is 6.45.